The number of ether oxygens (including phenoxy) is 2. The van der Waals surface area contributed by atoms with Crippen LogP contribution in [0, 0.1) is 0 Å². The van der Waals surface area contributed by atoms with Crippen molar-refractivity contribution in [1.82, 2.24) is 4.90 Å². The number of hydrogen-bond donors (Lipinski definition) is 2. The van der Waals surface area contributed by atoms with E-state index in [-0.39, 0.29) is 11.1 Å². The monoisotopic (exact) mass is 616 g/mol. The van der Waals surface area contributed by atoms with Crippen molar-refractivity contribution in [2.45, 2.75) is 12.4 Å². The standard InChI is InChI=1S/C32H26F6N2O4/c33-31(34,35)23-15-19(1-5-27(23)41)21-3-7-29-25(17-21)40(10-9-39-11-13-43-14-12-39)26-18-22(4-8-30(26)44-29)20-2-6-28(42)24(16-20)32(36,37)38/h1-8,15-18,41-42H,9-14H2. The zero-order valence-corrected chi connectivity index (χ0v) is 23.0. The van der Waals surface area contributed by atoms with E-state index in [1.54, 1.807) is 36.4 Å². The van der Waals surface area contributed by atoms with Crippen LogP contribution in [0.3, 0.4) is 0 Å². The van der Waals surface area contributed by atoms with Crippen molar-refractivity contribution < 1.29 is 46.0 Å². The molecule has 44 heavy (non-hydrogen) atoms. The first-order valence-electron chi connectivity index (χ1n) is 13.7. The molecule has 6 rings (SSSR count). The van der Waals surface area contributed by atoms with E-state index in [2.05, 4.69) is 4.90 Å². The third kappa shape index (κ3) is 5.87. The average molecular weight is 617 g/mol. The lowest BCUT2D eigenvalue weighted by Gasteiger charge is -2.36. The van der Waals surface area contributed by atoms with E-state index >= 15 is 0 Å². The normalized spacial score (nSPS) is 15.5. The van der Waals surface area contributed by atoms with Crippen LogP contribution in [-0.4, -0.2) is 54.5 Å². The largest absolute Gasteiger partial charge is 0.507 e. The van der Waals surface area contributed by atoms with E-state index in [0.717, 1.165) is 24.3 Å². The van der Waals surface area contributed by atoms with Crippen LogP contribution in [0.15, 0.2) is 72.8 Å². The summed E-state index contributed by atoms with van der Waals surface area (Å²) in [6.45, 7) is 3.62. The molecule has 4 aromatic carbocycles. The van der Waals surface area contributed by atoms with E-state index in [4.69, 9.17) is 9.47 Å². The zero-order chi connectivity index (χ0) is 31.2. The molecule has 2 aliphatic heterocycles. The van der Waals surface area contributed by atoms with E-state index < -0.39 is 35.0 Å². The molecular formula is C32H26F6N2O4. The summed E-state index contributed by atoms with van der Waals surface area (Å²) >= 11 is 0. The molecule has 0 unspecified atom stereocenters. The van der Waals surface area contributed by atoms with Crippen molar-refractivity contribution in [1.29, 1.82) is 0 Å². The summed E-state index contributed by atoms with van der Waals surface area (Å²) < 4.78 is 92.8. The molecule has 0 bridgehead atoms. The summed E-state index contributed by atoms with van der Waals surface area (Å²) in [7, 11) is 0. The maximum absolute atomic E-state index is 13.5. The fourth-order valence-corrected chi connectivity index (χ4v) is 5.43. The third-order valence-electron chi connectivity index (χ3n) is 7.73. The summed E-state index contributed by atoms with van der Waals surface area (Å²) in [5.74, 6) is -0.845. The first-order valence-corrected chi connectivity index (χ1v) is 13.7. The van der Waals surface area contributed by atoms with Crippen LogP contribution in [-0.2, 0) is 17.1 Å². The molecule has 0 aliphatic carbocycles. The number of fused-ring (bicyclic) bond motifs is 2. The average Bonchev–Trinajstić information content (AvgIpc) is 2.98. The van der Waals surface area contributed by atoms with E-state index in [1.807, 2.05) is 4.90 Å². The van der Waals surface area contributed by atoms with E-state index in [9.17, 15) is 36.6 Å². The number of halogens is 6. The Kier molecular flexibility index (Phi) is 7.58. The summed E-state index contributed by atoms with van der Waals surface area (Å²) in [4.78, 5) is 4.14. The van der Waals surface area contributed by atoms with Crippen LogP contribution in [0.2, 0.25) is 0 Å². The molecule has 0 saturated carbocycles. The number of nitrogens with zero attached hydrogens (tertiary/aromatic N) is 2. The van der Waals surface area contributed by atoms with Gasteiger partial charge in [0.15, 0.2) is 11.5 Å². The van der Waals surface area contributed by atoms with Gasteiger partial charge in [-0.1, -0.05) is 24.3 Å². The number of phenolic OH excluding ortho intramolecular Hbond substituents is 2. The number of anilines is 2. The lowest BCUT2D eigenvalue weighted by atomic mass is 9.98. The third-order valence-corrected chi connectivity index (χ3v) is 7.73. The predicted octanol–water partition coefficient (Wildman–Crippen LogP) is 8.05. The first kappa shape index (κ1) is 29.6. The van der Waals surface area contributed by atoms with Gasteiger partial charge in [-0.25, -0.2) is 0 Å². The summed E-state index contributed by atoms with van der Waals surface area (Å²) in [5, 5.41) is 19.6. The molecule has 0 amide bonds. The van der Waals surface area contributed by atoms with Crippen LogP contribution in [0.5, 0.6) is 23.0 Å². The van der Waals surface area contributed by atoms with Crippen LogP contribution in [0.25, 0.3) is 22.3 Å². The van der Waals surface area contributed by atoms with Crippen LogP contribution in [0.1, 0.15) is 11.1 Å². The maximum Gasteiger partial charge on any atom is 0.419 e. The highest BCUT2D eigenvalue weighted by atomic mass is 19.4. The molecule has 0 atom stereocenters. The molecule has 230 valence electrons. The lowest BCUT2D eigenvalue weighted by Crippen LogP contribution is -2.41. The molecule has 2 N–H and O–H groups in total. The second-order valence-electron chi connectivity index (χ2n) is 10.5. The summed E-state index contributed by atoms with van der Waals surface area (Å²) in [5.41, 5.74) is 0.158. The number of alkyl halides is 6. The van der Waals surface area contributed by atoms with Crippen LogP contribution in [0.4, 0.5) is 37.7 Å². The Morgan fingerprint density at radius 2 is 1.02 bits per heavy atom. The second kappa shape index (κ2) is 11.3. The minimum absolute atomic E-state index is 0.231. The molecule has 2 aliphatic rings. The van der Waals surface area contributed by atoms with Crippen molar-refractivity contribution in [3.63, 3.8) is 0 Å². The van der Waals surface area contributed by atoms with E-state index in [0.29, 0.717) is 73.4 Å². The van der Waals surface area contributed by atoms with Crippen LogP contribution < -0.4 is 9.64 Å². The molecule has 2 heterocycles. The number of benzene rings is 4. The topological polar surface area (TPSA) is 65.4 Å². The van der Waals surface area contributed by atoms with Gasteiger partial charge in [-0.3, -0.25) is 4.90 Å². The highest BCUT2D eigenvalue weighted by Crippen LogP contribution is 2.50. The molecular weight excluding hydrogens is 590 g/mol. The van der Waals surface area contributed by atoms with Gasteiger partial charge < -0.3 is 24.6 Å². The SMILES string of the molecule is Oc1ccc(-c2ccc3c(c2)N(CCN2CCOCC2)c2cc(-c4ccc(O)c(C(F)(F)F)c4)ccc2O3)cc1C(F)(F)F. The van der Waals surface area contributed by atoms with Gasteiger partial charge in [-0.15, -0.1) is 0 Å². The molecule has 4 aromatic rings. The minimum Gasteiger partial charge on any atom is -0.507 e. The van der Waals surface area contributed by atoms with Gasteiger partial charge in [0, 0.05) is 26.2 Å². The van der Waals surface area contributed by atoms with Crippen molar-refractivity contribution >= 4 is 11.4 Å². The van der Waals surface area contributed by atoms with Crippen LogP contribution >= 0.6 is 0 Å². The van der Waals surface area contributed by atoms with Gasteiger partial charge >= 0.3 is 12.4 Å². The van der Waals surface area contributed by atoms with Gasteiger partial charge in [0.2, 0.25) is 0 Å². The minimum atomic E-state index is -4.75. The Bertz CT molecular complexity index is 1590. The lowest BCUT2D eigenvalue weighted by molar-refractivity contribution is -0.139. The van der Waals surface area contributed by atoms with Crippen molar-refractivity contribution in [3.05, 3.63) is 83.9 Å². The summed E-state index contributed by atoms with van der Waals surface area (Å²) in [6.07, 6.45) is -9.51. The molecule has 1 saturated heterocycles. The van der Waals surface area contributed by atoms with Gasteiger partial charge in [0.1, 0.15) is 11.5 Å². The van der Waals surface area contributed by atoms with E-state index in [1.165, 1.54) is 12.1 Å². The maximum atomic E-state index is 13.5. The predicted molar refractivity (Wildman–Crippen MR) is 151 cm³/mol. The van der Waals surface area contributed by atoms with Gasteiger partial charge in [-0.2, -0.15) is 26.3 Å². The molecule has 6 nitrogen and oxygen atoms in total. The Labute approximate surface area is 248 Å². The first-order chi connectivity index (χ1) is 20.9. The Morgan fingerprint density at radius 1 is 0.591 bits per heavy atom. The van der Waals surface area contributed by atoms with Gasteiger partial charge in [0.25, 0.3) is 0 Å². The summed E-state index contributed by atoms with van der Waals surface area (Å²) in [6, 6.07) is 16.5. The molecule has 0 radical (unpaired) electrons. The van der Waals surface area contributed by atoms with Crippen molar-refractivity contribution in [3.8, 4) is 45.3 Å². The van der Waals surface area contributed by atoms with Gasteiger partial charge in [0.05, 0.1) is 35.7 Å². The number of hydrogen-bond acceptors (Lipinski definition) is 6. The Hall–Kier alpha value is -4.42. The van der Waals surface area contributed by atoms with Gasteiger partial charge in [-0.05, 0) is 70.8 Å². The molecule has 0 spiro atoms. The smallest absolute Gasteiger partial charge is 0.419 e. The number of morpholine rings is 1. The molecule has 0 aromatic heterocycles. The quantitative estimate of drug-likeness (QED) is 0.221. The number of rotatable bonds is 5. The molecule has 1 fully saturated rings. The number of aromatic hydroxyl groups is 2. The highest BCUT2D eigenvalue weighted by molar-refractivity contribution is 5.85. The Morgan fingerprint density at radius 3 is 1.48 bits per heavy atom. The highest BCUT2D eigenvalue weighted by Gasteiger charge is 2.35. The fourth-order valence-electron chi connectivity index (χ4n) is 5.43. The zero-order valence-electron chi connectivity index (χ0n) is 23.0. The fraction of sp³-hybridized carbons (Fsp3) is 0.250. The second-order valence-corrected chi connectivity index (χ2v) is 10.5. The Balaban J connectivity index is 1.42. The number of phenols is 2. The van der Waals surface area contributed by atoms with Crippen molar-refractivity contribution in [2.75, 3.05) is 44.3 Å². The molecule has 12 heteroatoms. The van der Waals surface area contributed by atoms with Crippen molar-refractivity contribution in [2.24, 2.45) is 0 Å².